The second kappa shape index (κ2) is 4.21. The minimum absolute atomic E-state index is 0.177. The second-order valence-electron chi connectivity index (χ2n) is 3.37. The molecule has 0 spiro atoms. The van der Waals surface area contributed by atoms with E-state index in [1.54, 1.807) is 6.92 Å². The number of sulfone groups is 1. The van der Waals surface area contributed by atoms with Crippen molar-refractivity contribution in [2.24, 2.45) is 0 Å². The van der Waals surface area contributed by atoms with Crippen molar-refractivity contribution in [3.05, 3.63) is 29.1 Å². The zero-order valence-corrected chi connectivity index (χ0v) is 9.64. The van der Waals surface area contributed by atoms with E-state index in [-0.39, 0.29) is 11.1 Å². The van der Waals surface area contributed by atoms with Gasteiger partial charge in [0.25, 0.3) is 0 Å². The monoisotopic (exact) mass is 246 g/mol. The van der Waals surface area contributed by atoms with Crippen LogP contribution in [0.3, 0.4) is 0 Å². The first-order valence-corrected chi connectivity index (χ1v) is 6.42. The molecule has 6 heteroatoms. The Bertz CT molecular complexity index is 534. The predicted octanol–water partition coefficient (Wildman–Crippen LogP) is 1.49. The van der Waals surface area contributed by atoms with E-state index in [2.05, 4.69) is 0 Å². The number of hydrogen-bond acceptors (Lipinski definition) is 3. The Labute approximate surface area is 92.6 Å². The van der Waals surface area contributed by atoms with Gasteiger partial charge in [-0.2, -0.15) is 0 Å². The van der Waals surface area contributed by atoms with Gasteiger partial charge in [0.05, 0.1) is 5.56 Å². The van der Waals surface area contributed by atoms with E-state index in [4.69, 9.17) is 5.11 Å². The quantitative estimate of drug-likeness (QED) is 0.877. The highest BCUT2D eigenvalue weighted by molar-refractivity contribution is 7.90. The van der Waals surface area contributed by atoms with Crippen LogP contribution in [0.4, 0.5) is 4.39 Å². The number of carboxylic acids is 1. The number of carbonyl (C=O) groups is 1. The molecule has 4 nitrogen and oxygen atoms in total. The summed E-state index contributed by atoms with van der Waals surface area (Å²) in [6.45, 7) is 1.67. The summed E-state index contributed by atoms with van der Waals surface area (Å²) in [5.74, 6) is -2.17. The van der Waals surface area contributed by atoms with Crippen molar-refractivity contribution < 1.29 is 22.7 Å². The number of benzene rings is 1. The molecule has 0 aliphatic heterocycles. The van der Waals surface area contributed by atoms with Crippen LogP contribution in [0.1, 0.15) is 22.8 Å². The van der Waals surface area contributed by atoms with E-state index in [0.29, 0.717) is 6.42 Å². The molecule has 88 valence electrons. The Morgan fingerprint density at radius 1 is 1.44 bits per heavy atom. The molecule has 16 heavy (non-hydrogen) atoms. The van der Waals surface area contributed by atoms with Gasteiger partial charge in [-0.1, -0.05) is 6.92 Å². The van der Waals surface area contributed by atoms with Gasteiger partial charge in [0, 0.05) is 6.26 Å². The van der Waals surface area contributed by atoms with Gasteiger partial charge in [0.15, 0.2) is 9.84 Å². The number of hydrogen-bond donors (Lipinski definition) is 1. The van der Waals surface area contributed by atoms with E-state index >= 15 is 0 Å². The molecule has 0 aliphatic rings. The molecule has 0 atom stereocenters. The van der Waals surface area contributed by atoms with Crippen molar-refractivity contribution in [1.82, 2.24) is 0 Å². The highest BCUT2D eigenvalue weighted by Gasteiger charge is 2.19. The topological polar surface area (TPSA) is 71.4 Å². The smallest absolute Gasteiger partial charge is 0.336 e. The first kappa shape index (κ1) is 12.6. The van der Waals surface area contributed by atoms with Crippen LogP contribution in [0.15, 0.2) is 17.0 Å². The summed E-state index contributed by atoms with van der Waals surface area (Å²) >= 11 is 0. The molecule has 0 aliphatic carbocycles. The fraction of sp³-hybridized carbons (Fsp3) is 0.300. The Morgan fingerprint density at radius 3 is 2.38 bits per heavy atom. The maximum atomic E-state index is 13.4. The van der Waals surface area contributed by atoms with E-state index in [9.17, 15) is 17.6 Å². The Hall–Kier alpha value is -1.43. The van der Waals surface area contributed by atoms with Crippen molar-refractivity contribution >= 4 is 15.8 Å². The Kier molecular flexibility index (Phi) is 3.32. The summed E-state index contributed by atoms with van der Waals surface area (Å²) in [5.41, 5.74) is 0.0988. The highest BCUT2D eigenvalue weighted by Crippen LogP contribution is 2.20. The summed E-state index contributed by atoms with van der Waals surface area (Å²) in [6, 6.07) is 1.83. The van der Waals surface area contributed by atoms with Gasteiger partial charge in [0.2, 0.25) is 0 Å². The molecule has 0 saturated heterocycles. The molecule has 1 aromatic rings. The largest absolute Gasteiger partial charge is 0.478 e. The molecule has 1 aromatic carbocycles. The number of halogens is 1. The van der Waals surface area contributed by atoms with Crippen molar-refractivity contribution in [1.29, 1.82) is 0 Å². The molecule has 0 saturated carbocycles. The summed E-state index contributed by atoms with van der Waals surface area (Å²) in [5, 5.41) is 8.86. The third kappa shape index (κ3) is 2.38. The van der Waals surface area contributed by atoms with Crippen LogP contribution < -0.4 is 0 Å². The lowest BCUT2D eigenvalue weighted by atomic mass is 10.1. The van der Waals surface area contributed by atoms with Crippen molar-refractivity contribution in [3.8, 4) is 0 Å². The first-order chi connectivity index (χ1) is 7.27. The van der Waals surface area contributed by atoms with Crippen LogP contribution >= 0.6 is 0 Å². The highest BCUT2D eigenvalue weighted by atomic mass is 32.2. The van der Waals surface area contributed by atoms with Gasteiger partial charge in [-0.25, -0.2) is 17.6 Å². The van der Waals surface area contributed by atoms with Crippen molar-refractivity contribution in [2.75, 3.05) is 6.26 Å². The second-order valence-corrected chi connectivity index (χ2v) is 5.35. The lowest BCUT2D eigenvalue weighted by molar-refractivity contribution is 0.0695. The predicted molar refractivity (Wildman–Crippen MR) is 55.8 cm³/mol. The maximum Gasteiger partial charge on any atom is 0.336 e. The molecule has 0 aromatic heterocycles. The molecule has 0 unspecified atom stereocenters. The number of aromatic carboxylic acids is 1. The molecule has 1 N–H and O–H groups in total. The van der Waals surface area contributed by atoms with Crippen molar-refractivity contribution in [2.45, 2.75) is 18.2 Å². The van der Waals surface area contributed by atoms with Crippen LogP contribution in [0, 0.1) is 5.82 Å². The van der Waals surface area contributed by atoms with E-state index in [0.717, 1.165) is 18.4 Å². The minimum atomic E-state index is -3.75. The van der Waals surface area contributed by atoms with Gasteiger partial charge < -0.3 is 5.11 Å². The van der Waals surface area contributed by atoms with Gasteiger partial charge in [-0.3, -0.25) is 0 Å². The molecule has 0 bridgehead atoms. The number of carboxylic acid groups (broad SMARTS) is 1. The van der Waals surface area contributed by atoms with E-state index in [1.807, 2.05) is 0 Å². The van der Waals surface area contributed by atoms with Gasteiger partial charge in [-0.15, -0.1) is 0 Å². The van der Waals surface area contributed by atoms with Gasteiger partial charge in [-0.05, 0) is 24.1 Å². The molecule has 0 radical (unpaired) electrons. The van der Waals surface area contributed by atoms with E-state index < -0.39 is 26.5 Å². The molecule has 0 amide bonds. The average Bonchev–Trinajstić information content (AvgIpc) is 2.14. The SMILES string of the molecule is CCc1cc(F)c(S(C)(=O)=O)cc1C(=O)O. The maximum absolute atomic E-state index is 13.4. The molecule has 1 rings (SSSR count). The van der Waals surface area contributed by atoms with Crippen LogP contribution in [-0.2, 0) is 16.3 Å². The Balaban J connectivity index is 3.58. The van der Waals surface area contributed by atoms with Gasteiger partial charge in [0.1, 0.15) is 10.7 Å². The van der Waals surface area contributed by atoms with Crippen LogP contribution in [0.2, 0.25) is 0 Å². The van der Waals surface area contributed by atoms with Crippen LogP contribution in [0.25, 0.3) is 0 Å². The third-order valence-corrected chi connectivity index (χ3v) is 3.28. The molecule has 0 heterocycles. The third-order valence-electron chi connectivity index (χ3n) is 2.17. The van der Waals surface area contributed by atoms with Crippen LogP contribution in [-0.4, -0.2) is 25.7 Å². The number of rotatable bonds is 3. The summed E-state index contributed by atoms with van der Waals surface area (Å²) in [7, 11) is -3.75. The summed E-state index contributed by atoms with van der Waals surface area (Å²) in [6.07, 6.45) is 1.16. The lowest BCUT2D eigenvalue weighted by Crippen LogP contribution is -2.08. The normalized spacial score (nSPS) is 11.4. The zero-order valence-electron chi connectivity index (χ0n) is 8.82. The van der Waals surface area contributed by atoms with Crippen molar-refractivity contribution in [3.63, 3.8) is 0 Å². The fourth-order valence-electron chi connectivity index (χ4n) is 1.37. The molecular formula is C10H11FO4S. The fourth-order valence-corrected chi connectivity index (χ4v) is 2.12. The van der Waals surface area contributed by atoms with E-state index in [1.165, 1.54) is 0 Å². The van der Waals surface area contributed by atoms with Crippen LogP contribution in [0.5, 0.6) is 0 Å². The Morgan fingerprint density at radius 2 is 2.00 bits per heavy atom. The summed E-state index contributed by atoms with van der Waals surface area (Å²) in [4.78, 5) is 10.3. The first-order valence-electron chi connectivity index (χ1n) is 4.53. The lowest BCUT2D eigenvalue weighted by Gasteiger charge is -2.07. The number of aryl methyl sites for hydroxylation is 1. The summed E-state index contributed by atoms with van der Waals surface area (Å²) < 4.78 is 35.8. The standard InChI is InChI=1S/C10H11FO4S/c1-3-6-4-8(11)9(16(2,14)15)5-7(6)10(12)13/h4-5H,3H2,1-2H3,(H,12,13). The molecule has 0 fully saturated rings. The zero-order chi connectivity index (χ0) is 12.5. The molecular weight excluding hydrogens is 235 g/mol. The van der Waals surface area contributed by atoms with Gasteiger partial charge >= 0.3 is 5.97 Å². The minimum Gasteiger partial charge on any atom is -0.478 e. The average molecular weight is 246 g/mol.